The highest BCUT2D eigenvalue weighted by molar-refractivity contribution is 6.22. The molecule has 1 saturated carbocycles. The lowest BCUT2D eigenvalue weighted by Gasteiger charge is -2.21. The first-order chi connectivity index (χ1) is 33.0. The molecule has 0 unspecified atom stereocenters. The van der Waals surface area contributed by atoms with E-state index in [9.17, 15) is 0 Å². The molecular weight excluding hydrogens is 817 g/mol. The average Bonchev–Trinajstić information content (AvgIpc) is 3.35. The molecule has 0 aliphatic heterocycles. The van der Waals surface area contributed by atoms with Crippen LogP contribution in [0.4, 0.5) is 0 Å². The van der Waals surface area contributed by atoms with Gasteiger partial charge in [0.05, 0.1) is 0 Å². The van der Waals surface area contributed by atoms with E-state index in [2.05, 4.69) is 248 Å². The normalized spacial score (nSPS) is 13.4. The Morgan fingerprint density at radius 1 is 0.265 bits per heavy atom. The summed E-state index contributed by atoms with van der Waals surface area (Å²) < 4.78 is 0. The molecule has 0 bridgehead atoms. The molecule has 0 aromatic heterocycles. The standard InChI is InChI=1S/C68H60/c1-67(2,3)53-39-35-51(36-40-53)65-59-19-11-7-15-55(59)63(56-16-8-12-20-60(56)65)49-31-27-47(28-32-49)43-45-23-25-46(26-24-45)44-48-29-33-50(34-30-48)64-57-17-9-13-21-61(57)66(62-22-14-10-18-58(62)64)52-37-41-54(42-38-52)68(4,5)6/h7-22,27-44H,23-26H2,1-6H3. The van der Waals surface area contributed by atoms with Gasteiger partial charge in [-0.2, -0.15) is 0 Å². The molecule has 332 valence electrons. The quantitative estimate of drug-likeness (QED) is 0.146. The summed E-state index contributed by atoms with van der Waals surface area (Å²) in [5.41, 5.74) is 18.9. The molecule has 0 amide bonds. The van der Waals surface area contributed by atoms with Crippen molar-refractivity contribution >= 4 is 55.2 Å². The van der Waals surface area contributed by atoms with Gasteiger partial charge in [-0.05, 0) is 146 Å². The lowest BCUT2D eigenvalue weighted by Crippen LogP contribution is -2.10. The van der Waals surface area contributed by atoms with Crippen molar-refractivity contribution in [2.75, 3.05) is 0 Å². The van der Waals surface area contributed by atoms with Crippen LogP contribution in [-0.2, 0) is 10.8 Å². The second kappa shape index (κ2) is 17.4. The van der Waals surface area contributed by atoms with E-state index in [1.54, 1.807) is 0 Å². The summed E-state index contributed by atoms with van der Waals surface area (Å²) in [5.74, 6) is 0. The van der Waals surface area contributed by atoms with Crippen LogP contribution >= 0.6 is 0 Å². The van der Waals surface area contributed by atoms with Crippen LogP contribution < -0.4 is 0 Å². The van der Waals surface area contributed by atoms with Gasteiger partial charge in [-0.3, -0.25) is 0 Å². The van der Waals surface area contributed by atoms with Crippen LogP contribution in [-0.4, -0.2) is 0 Å². The summed E-state index contributed by atoms with van der Waals surface area (Å²) in [7, 11) is 0. The van der Waals surface area contributed by atoms with Crippen molar-refractivity contribution in [1.29, 1.82) is 0 Å². The predicted octanol–water partition coefficient (Wildman–Crippen LogP) is 19.6. The average molecular weight is 877 g/mol. The number of fused-ring (bicyclic) bond motifs is 4. The van der Waals surface area contributed by atoms with E-state index in [1.807, 2.05) is 0 Å². The van der Waals surface area contributed by atoms with Gasteiger partial charge in [-0.1, -0.05) is 259 Å². The summed E-state index contributed by atoms with van der Waals surface area (Å²) in [6, 6.07) is 73.0. The molecule has 1 aliphatic carbocycles. The molecule has 10 aromatic carbocycles. The minimum Gasteiger partial charge on any atom is -0.0690 e. The molecule has 0 N–H and O–H groups in total. The van der Waals surface area contributed by atoms with Crippen LogP contribution in [0.25, 0.3) is 99.7 Å². The highest BCUT2D eigenvalue weighted by Crippen LogP contribution is 2.46. The molecule has 1 aliphatic rings. The van der Waals surface area contributed by atoms with Gasteiger partial charge in [0.1, 0.15) is 0 Å². The van der Waals surface area contributed by atoms with Gasteiger partial charge in [-0.25, -0.2) is 0 Å². The number of benzene rings is 10. The maximum atomic E-state index is 2.44. The Labute approximate surface area is 403 Å². The highest BCUT2D eigenvalue weighted by Gasteiger charge is 2.21. The lowest BCUT2D eigenvalue weighted by atomic mass is 9.83. The van der Waals surface area contributed by atoms with Gasteiger partial charge in [0.2, 0.25) is 0 Å². The first kappa shape index (κ1) is 43.3. The van der Waals surface area contributed by atoms with Crippen molar-refractivity contribution in [1.82, 2.24) is 0 Å². The van der Waals surface area contributed by atoms with Gasteiger partial charge in [0, 0.05) is 0 Å². The summed E-state index contributed by atoms with van der Waals surface area (Å²) in [5, 5.41) is 10.4. The minimum absolute atomic E-state index is 0.115. The Morgan fingerprint density at radius 3 is 0.676 bits per heavy atom. The zero-order valence-electron chi connectivity index (χ0n) is 40.5. The molecule has 0 heteroatoms. The third-order valence-electron chi connectivity index (χ3n) is 14.6. The molecule has 1 fully saturated rings. The van der Waals surface area contributed by atoms with Crippen molar-refractivity contribution in [2.24, 2.45) is 0 Å². The van der Waals surface area contributed by atoms with E-state index in [-0.39, 0.29) is 10.8 Å². The molecule has 0 nitrogen and oxygen atoms in total. The molecule has 0 heterocycles. The lowest BCUT2D eigenvalue weighted by molar-refractivity contribution is 0.590. The fourth-order valence-corrected chi connectivity index (χ4v) is 10.9. The molecule has 10 aromatic rings. The summed E-state index contributed by atoms with van der Waals surface area (Å²) in [4.78, 5) is 0. The first-order valence-electron chi connectivity index (χ1n) is 24.7. The van der Waals surface area contributed by atoms with Gasteiger partial charge in [0.15, 0.2) is 0 Å². The van der Waals surface area contributed by atoms with Gasteiger partial charge in [0.25, 0.3) is 0 Å². The fraction of sp³-hybridized carbons (Fsp3) is 0.176. The summed E-state index contributed by atoms with van der Waals surface area (Å²) in [6.45, 7) is 13.7. The number of hydrogen-bond donors (Lipinski definition) is 0. The topological polar surface area (TPSA) is 0 Å². The van der Waals surface area contributed by atoms with Crippen molar-refractivity contribution in [2.45, 2.75) is 78.1 Å². The van der Waals surface area contributed by atoms with Crippen molar-refractivity contribution < 1.29 is 0 Å². The van der Waals surface area contributed by atoms with Crippen LogP contribution in [0.15, 0.2) is 205 Å². The molecule has 0 spiro atoms. The monoisotopic (exact) mass is 876 g/mol. The summed E-state index contributed by atoms with van der Waals surface area (Å²) in [6.07, 6.45) is 9.28. The smallest absolute Gasteiger partial charge is 0.00264 e. The van der Waals surface area contributed by atoms with Crippen LogP contribution in [0.3, 0.4) is 0 Å². The maximum Gasteiger partial charge on any atom is -0.00264 e. The number of rotatable bonds is 6. The Balaban J connectivity index is 0.831. The Hall–Kier alpha value is -7.28. The molecule has 0 saturated heterocycles. The molecule has 0 atom stereocenters. The zero-order valence-corrected chi connectivity index (χ0v) is 40.5. The van der Waals surface area contributed by atoms with Crippen LogP contribution in [0.5, 0.6) is 0 Å². The number of hydrogen-bond acceptors (Lipinski definition) is 0. The fourth-order valence-electron chi connectivity index (χ4n) is 10.9. The summed E-state index contributed by atoms with van der Waals surface area (Å²) >= 11 is 0. The number of allylic oxidation sites excluding steroid dienone is 2. The van der Waals surface area contributed by atoms with E-state index in [0.29, 0.717) is 0 Å². The van der Waals surface area contributed by atoms with Crippen molar-refractivity contribution in [3.63, 3.8) is 0 Å². The third-order valence-corrected chi connectivity index (χ3v) is 14.6. The maximum absolute atomic E-state index is 2.44. The van der Waals surface area contributed by atoms with Crippen LogP contribution in [0, 0.1) is 0 Å². The van der Waals surface area contributed by atoms with Gasteiger partial charge >= 0.3 is 0 Å². The molecule has 0 radical (unpaired) electrons. The minimum atomic E-state index is 0.115. The first-order valence-corrected chi connectivity index (χ1v) is 24.7. The Bertz CT molecular complexity index is 3190. The van der Waals surface area contributed by atoms with E-state index in [0.717, 1.165) is 25.7 Å². The van der Waals surface area contributed by atoms with Crippen LogP contribution in [0.2, 0.25) is 0 Å². The van der Waals surface area contributed by atoms with Crippen molar-refractivity contribution in [3.05, 3.63) is 228 Å². The largest absolute Gasteiger partial charge is 0.0690 e. The molecule has 11 rings (SSSR count). The van der Waals surface area contributed by atoms with E-state index in [4.69, 9.17) is 0 Å². The van der Waals surface area contributed by atoms with E-state index in [1.165, 1.54) is 121 Å². The van der Waals surface area contributed by atoms with Gasteiger partial charge in [-0.15, -0.1) is 0 Å². The van der Waals surface area contributed by atoms with Crippen molar-refractivity contribution in [3.8, 4) is 44.5 Å². The Kier molecular flexibility index (Phi) is 11.1. The second-order valence-electron chi connectivity index (χ2n) is 21.2. The van der Waals surface area contributed by atoms with Crippen LogP contribution in [0.1, 0.15) is 89.5 Å². The second-order valence-corrected chi connectivity index (χ2v) is 21.2. The van der Waals surface area contributed by atoms with E-state index >= 15 is 0 Å². The third kappa shape index (κ3) is 8.17. The highest BCUT2D eigenvalue weighted by atomic mass is 14.2. The predicted molar refractivity (Wildman–Crippen MR) is 296 cm³/mol. The molecular formula is C68H60. The zero-order chi connectivity index (χ0) is 46.6. The van der Waals surface area contributed by atoms with Gasteiger partial charge < -0.3 is 0 Å². The molecule has 68 heavy (non-hydrogen) atoms. The Morgan fingerprint density at radius 2 is 0.471 bits per heavy atom. The SMILES string of the molecule is CC(C)(C)c1ccc(-c2c3ccccc3c(-c3ccc(C=C4CCC(=Cc5ccc(-c6c7ccccc7c(-c7ccc(C(C)(C)C)cc7)c7ccccc67)cc5)CC4)cc3)c3ccccc23)cc1. The van der Waals surface area contributed by atoms with E-state index < -0.39 is 0 Å².